The van der Waals surface area contributed by atoms with Crippen molar-refractivity contribution in [3.8, 4) is 12.3 Å². The van der Waals surface area contributed by atoms with Gasteiger partial charge in [-0.05, 0) is 12.1 Å². The molecule has 0 heterocycles. The molecule has 0 aromatic heterocycles. The number of carbonyl (C=O) groups excluding carboxylic acids is 1. The number of hydrogen-bond acceptors (Lipinski definition) is 1. The fraction of sp³-hybridized carbons (Fsp3) is 0.0833. The van der Waals surface area contributed by atoms with Gasteiger partial charge in [0.05, 0.1) is 6.54 Å². The standard InChI is InChI=1S/C12H11NO/c1-3-10-13(4-2)12(14)11-8-6-5-7-9-11/h1,4-9H,2,10H2. The van der Waals surface area contributed by atoms with E-state index in [4.69, 9.17) is 6.42 Å². The normalized spacial score (nSPS) is 8.79. The highest BCUT2D eigenvalue weighted by molar-refractivity contribution is 5.94. The van der Waals surface area contributed by atoms with Crippen LogP contribution in [0.5, 0.6) is 0 Å². The van der Waals surface area contributed by atoms with Gasteiger partial charge in [0, 0.05) is 11.8 Å². The highest BCUT2D eigenvalue weighted by Gasteiger charge is 2.10. The zero-order valence-corrected chi connectivity index (χ0v) is 7.81. The summed E-state index contributed by atoms with van der Waals surface area (Å²) in [6.45, 7) is 3.78. The average molecular weight is 185 g/mol. The molecule has 14 heavy (non-hydrogen) atoms. The van der Waals surface area contributed by atoms with Crippen LogP contribution in [0.2, 0.25) is 0 Å². The van der Waals surface area contributed by atoms with Crippen molar-refractivity contribution in [3.05, 3.63) is 48.7 Å². The molecule has 2 heteroatoms. The monoisotopic (exact) mass is 185 g/mol. The SMILES string of the molecule is C#CCN(C=C)C(=O)c1ccccc1. The van der Waals surface area contributed by atoms with Crippen LogP contribution in [-0.4, -0.2) is 17.4 Å². The van der Waals surface area contributed by atoms with Crippen molar-refractivity contribution < 1.29 is 4.79 Å². The van der Waals surface area contributed by atoms with Gasteiger partial charge in [0.2, 0.25) is 0 Å². The second kappa shape index (κ2) is 4.88. The smallest absolute Gasteiger partial charge is 0.258 e. The van der Waals surface area contributed by atoms with Crippen LogP contribution in [0.4, 0.5) is 0 Å². The quantitative estimate of drug-likeness (QED) is 0.659. The summed E-state index contributed by atoms with van der Waals surface area (Å²) in [6.07, 6.45) is 6.57. The molecule has 1 aromatic carbocycles. The molecule has 0 saturated carbocycles. The highest BCUT2D eigenvalue weighted by atomic mass is 16.2. The van der Waals surface area contributed by atoms with E-state index >= 15 is 0 Å². The zero-order chi connectivity index (χ0) is 10.4. The zero-order valence-electron chi connectivity index (χ0n) is 7.81. The molecule has 0 spiro atoms. The molecule has 0 unspecified atom stereocenters. The third kappa shape index (κ3) is 2.24. The van der Waals surface area contributed by atoms with Gasteiger partial charge < -0.3 is 4.90 Å². The lowest BCUT2D eigenvalue weighted by molar-refractivity contribution is 0.0837. The molecule has 0 fully saturated rings. The lowest BCUT2D eigenvalue weighted by Gasteiger charge is -2.14. The van der Waals surface area contributed by atoms with Gasteiger partial charge in [-0.25, -0.2) is 0 Å². The number of carbonyl (C=O) groups is 1. The molecule has 0 aliphatic carbocycles. The molecule has 70 valence electrons. The topological polar surface area (TPSA) is 20.3 Å². The predicted octanol–water partition coefficient (Wildman–Crippen LogP) is 1.91. The third-order valence-corrected chi connectivity index (χ3v) is 1.76. The van der Waals surface area contributed by atoms with Crippen LogP contribution in [0, 0.1) is 12.3 Å². The molecular weight excluding hydrogens is 174 g/mol. The summed E-state index contributed by atoms with van der Waals surface area (Å²) in [4.78, 5) is 13.1. The number of hydrogen-bond donors (Lipinski definition) is 0. The molecule has 0 atom stereocenters. The van der Waals surface area contributed by atoms with Gasteiger partial charge in [-0.2, -0.15) is 0 Å². The van der Waals surface area contributed by atoms with Gasteiger partial charge in [-0.1, -0.05) is 30.7 Å². The first kappa shape index (κ1) is 10.1. The number of rotatable bonds is 3. The number of amides is 1. The molecule has 0 N–H and O–H groups in total. The van der Waals surface area contributed by atoms with Gasteiger partial charge >= 0.3 is 0 Å². The summed E-state index contributed by atoms with van der Waals surface area (Å²) < 4.78 is 0. The minimum Gasteiger partial charge on any atom is -0.304 e. The first-order valence-corrected chi connectivity index (χ1v) is 4.21. The van der Waals surface area contributed by atoms with Crippen molar-refractivity contribution in [2.45, 2.75) is 0 Å². The Hall–Kier alpha value is -2.01. The van der Waals surface area contributed by atoms with E-state index in [-0.39, 0.29) is 12.5 Å². The van der Waals surface area contributed by atoms with Crippen LogP contribution in [0.1, 0.15) is 10.4 Å². The van der Waals surface area contributed by atoms with E-state index in [9.17, 15) is 4.79 Å². The summed E-state index contributed by atoms with van der Waals surface area (Å²) in [6, 6.07) is 8.97. The maximum absolute atomic E-state index is 11.7. The van der Waals surface area contributed by atoms with Crippen LogP contribution in [0.3, 0.4) is 0 Å². The number of nitrogens with zero attached hydrogens (tertiary/aromatic N) is 1. The first-order chi connectivity index (χ1) is 6.79. The molecule has 2 nitrogen and oxygen atoms in total. The average Bonchev–Trinajstić information content (AvgIpc) is 2.26. The third-order valence-electron chi connectivity index (χ3n) is 1.76. The fourth-order valence-corrected chi connectivity index (χ4v) is 1.06. The van der Waals surface area contributed by atoms with E-state index in [0.717, 1.165) is 0 Å². The molecule has 0 aliphatic rings. The molecule has 0 aliphatic heterocycles. The summed E-state index contributed by atoms with van der Waals surface area (Å²) in [5.74, 6) is 2.28. The van der Waals surface area contributed by atoms with Crippen molar-refractivity contribution in [3.63, 3.8) is 0 Å². The van der Waals surface area contributed by atoms with Crippen molar-refractivity contribution in [2.75, 3.05) is 6.54 Å². The summed E-state index contributed by atoms with van der Waals surface area (Å²) in [5, 5.41) is 0. The van der Waals surface area contributed by atoms with Gasteiger partial charge in [0.25, 0.3) is 5.91 Å². The van der Waals surface area contributed by atoms with Crippen LogP contribution in [0.25, 0.3) is 0 Å². The van der Waals surface area contributed by atoms with E-state index < -0.39 is 0 Å². The summed E-state index contributed by atoms with van der Waals surface area (Å²) in [7, 11) is 0. The largest absolute Gasteiger partial charge is 0.304 e. The van der Waals surface area contributed by atoms with E-state index in [1.807, 2.05) is 18.2 Å². The lowest BCUT2D eigenvalue weighted by Crippen LogP contribution is -2.25. The van der Waals surface area contributed by atoms with Crippen LogP contribution >= 0.6 is 0 Å². The molecular formula is C12H11NO. The minimum absolute atomic E-state index is 0.126. The molecule has 0 bridgehead atoms. The Morgan fingerprint density at radius 2 is 2.14 bits per heavy atom. The Kier molecular flexibility index (Phi) is 3.51. The van der Waals surface area contributed by atoms with Crippen LogP contribution in [-0.2, 0) is 0 Å². The molecule has 0 saturated heterocycles. The van der Waals surface area contributed by atoms with Crippen LogP contribution in [0.15, 0.2) is 43.1 Å². The molecule has 0 radical (unpaired) electrons. The maximum atomic E-state index is 11.7. The number of benzene rings is 1. The lowest BCUT2D eigenvalue weighted by atomic mass is 10.2. The van der Waals surface area contributed by atoms with Crippen molar-refractivity contribution >= 4 is 5.91 Å². The van der Waals surface area contributed by atoms with Crippen molar-refractivity contribution in [1.29, 1.82) is 0 Å². The summed E-state index contributed by atoms with van der Waals surface area (Å²) in [5.41, 5.74) is 0.614. The second-order valence-corrected chi connectivity index (χ2v) is 2.69. The minimum atomic E-state index is -0.126. The van der Waals surface area contributed by atoms with Crippen LogP contribution < -0.4 is 0 Å². The van der Waals surface area contributed by atoms with E-state index in [1.54, 1.807) is 12.1 Å². The van der Waals surface area contributed by atoms with Crippen molar-refractivity contribution in [2.24, 2.45) is 0 Å². The van der Waals surface area contributed by atoms with Gasteiger partial charge in [-0.15, -0.1) is 6.42 Å². The molecule has 1 aromatic rings. The maximum Gasteiger partial charge on any atom is 0.258 e. The Labute approximate surface area is 83.9 Å². The number of terminal acetylenes is 1. The van der Waals surface area contributed by atoms with Crippen molar-refractivity contribution in [1.82, 2.24) is 4.90 Å². The van der Waals surface area contributed by atoms with E-state index in [2.05, 4.69) is 12.5 Å². The van der Waals surface area contributed by atoms with Gasteiger partial charge in [0.15, 0.2) is 0 Å². The Morgan fingerprint density at radius 3 is 2.64 bits per heavy atom. The Balaban J connectivity index is 2.84. The predicted molar refractivity (Wildman–Crippen MR) is 56.5 cm³/mol. The van der Waals surface area contributed by atoms with Gasteiger partial charge in [-0.3, -0.25) is 4.79 Å². The van der Waals surface area contributed by atoms with Gasteiger partial charge in [0.1, 0.15) is 0 Å². The van der Waals surface area contributed by atoms with E-state index in [0.29, 0.717) is 5.56 Å². The molecule has 1 amide bonds. The Morgan fingerprint density at radius 1 is 1.50 bits per heavy atom. The molecule has 1 rings (SSSR count). The fourth-order valence-electron chi connectivity index (χ4n) is 1.06. The second-order valence-electron chi connectivity index (χ2n) is 2.69. The first-order valence-electron chi connectivity index (χ1n) is 4.21. The Bertz CT molecular complexity index is 362. The van der Waals surface area contributed by atoms with E-state index in [1.165, 1.54) is 11.1 Å². The summed E-state index contributed by atoms with van der Waals surface area (Å²) >= 11 is 0. The highest BCUT2D eigenvalue weighted by Crippen LogP contribution is 2.04.